The molecule has 0 aliphatic carbocycles. The van der Waals surface area contributed by atoms with Crippen molar-refractivity contribution < 1.29 is 24.0 Å². The average molecular weight is 1740 g/mol. The maximum absolute atomic E-state index is 12.7. The molecule has 5 amide bonds. The van der Waals surface area contributed by atoms with Crippen molar-refractivity contribution in [3.05, 3.63) is 229 Å². The summed E-state index contributed by atoms with van der Waals surface area (Å²) in [6.45, 7) is 32.9. The number of hydrogen-bond donors (Lipinski definition) is 1. The quantitative estimate of drug-likeness (QED) is 0.0210. The third kappa shape index (κ3) is 24.8. The molecule has 4 aromatic rings. The minimum absolute atomic E-state index is 0.0272. The van der Waals surface area contributed by atoms with E-state index in [4.69, 9.17) is 48.9 Å². The van der Waals surface area contributed by atoms with E-state index in [0.29, 0.717) is 63.1 Å². The first-order valence-electron chi connectivity index (χ1n) is 38.6. The number of thiocarbonyl (C=S) groups is 4. The molecule has 596 valence electrons. The summed E-state index contributed by atoms with van der Waals surface area (Å²) in [6.07, 6.45) is 42.5. The molecule has 0 radical (unpaired) electrons. The summed E-state index contributed by atoms with van der Waals surface area (Å²) in [5.74, 6) is -0.255. The van der Waals surface area contributed by atoms with Crippen LogP contribution in [0.2, 0.25) is 0 Å². The van der Waals surface area contributed by atoms with E-state index >= 15 is 0 Å². The van der Waals surface area contributed by atoms with Gasteiger partial charge in [0, 0.05) is 84.6 Å². The summed E-state index contributed by atoms with van der Waals surface area (Å²) in [4.78, 5) is 84.8. The molecule has 113 heavy (non-hydrogen) atoms. The number of nitrogens with zero attached hydrogens (tertiary/aromatic N) is 8. The lowest BCUT2D eigenvalue weighted by Crippen LogP contribution is -2.27. The molecule has 4 fully saturated rings. The van der Waals surface area contributed by atoms with Crippen LogP contribution in [-0.4, -0.2) is 119 Å². The zero-order chi connectivity index (χ0) is 80.9. The number of amides is 5. The first-order valence-corrected chi connectivity index (χ1v) is 46.7. The van der Waals surface area contributed by atoms with Gasteiger partial charge in [-0.2, -0.15) is 0 Å². The fraction of sp³-hybridized carbons (Fsp3) is 0.345. The summed E-state index contributed by atoms with van der Waals surface area (Å²) in [5.41, 5.74) is 6.96. The Labute approximate surface area is 725 Å². The largest absolute Gasteiger partial charge is 0.335 e. The monoisotopic (exact) mass is 1740 g/mol. The van der Waals surface area contributed by atoms with Gasteiger partial charge in [-0.1, -0.05) is 302 Å². The third-order valence-corrected chi connectivity index (χ3v) is 28.6. The van der Waals surface area contributed by atoms with Crippen molar-refractivity contribution in [2.75, 3.05) is 77.3 Å². The van der Waals surface area contributed by atoms with Crippen LogP contribution in [0.1, 0.15) is 143 Å². The predicted molar refractivity (Wildman–Crippen MR) is 507 cm³/mol. The summed E-state index contributed by atoms with van der Waals surface area (Å²) < 4.78 is 2.36. The van der Waals surface area contributed by atoms with Crippen LogP contribution in [-0.2, 0) is 24.0 Å². The molecule has 8 aliphatic heterocycles. The van der Waals surface area contributed by atoms with Crippen molar-refractivity contribution in [3.63, 3.8) is 0 Å². The van der Waals surface area contributed by atoms with Gasteiger partial charge in [0.05, 0.1) is 62.5 Å². The summed E-state index contributed by atoms with van der Waals surface area (Å²) in [7, 11) is 0. The van der Waals surface area contributed by atoms with Crippen LogP contribution >= 0.6 is 143 Å². The van der Waals surface area contributed by atoms with Gasteiger partial charge in [-0.3, -0.25) is 43.6 Å². The molecule has 4 saturated heterocycles. The SMILES string of the molecule is C=CCN1C(=O)/C(=C\C=C2/Sc3cc(C)ccc3N2CCCCCCCC)SC1=S.C=CCN1C(=O)/C(=C\C=C2/Sc3cc(NC(C)=O)ccc3N2CCCCCCCC)SC1=S.C=CCN1C(=O)/C(=C\C=C2/Sc3ccccc3N2CC)SC1=S.C=CCN1C(=O)/C(=C\C=C2/Sc3ccccc3N2CCCCCC)SC1=S. The van der Waals surface area contributed by atoms with E-state index in [9.17, 15) is 24.0 Å². The molecule has 14 nitrogen and oxygen atoms in total. The van der Waals surface area contributed by atoms with E-state index in [2.05, 4.69) is 159 Å². The Balaban J connectivity index is 0.000000174. The van der Waals surface area contributed by atoms with Crippen LogP contribution in [0.5, 0.6) is 0 Å². The van der Waals surface area contributed by atoms with Crippen LogP contribution < -0.4 is 24.9 Å². The number of carbonyl (C=O) groups excluding carboxylic acids is 5. The van der Waals surface area contributed by atoms with Gasteiger partial charge in [0.15, 0.2) is 0 Å². The van der Waals surface area contributed by atoms with Crippen molar-refractivity contribution in [2.24, 2.45) is 0 Å². The lowest BCUT2D eigenvalue weighted by Gasteiger charge is -2.20. The highest BCUT2D eigenvalue weighted by atomic mass is 32.2. The lowest BCUT2D eigenvalue weighted by molar-refractivity contribution is -0.122. The number of hydrogen-bond acceptors (Lipinski definition) is 21. The van der Waals surface area contributed by atoms with E-state index in [0.717, 1.165) is 58.9 Å². The molecule has 0 bridgehead atoms. The Hall–Kier alpha value is -6.53. The highest BCUT2D eigenvalue weighted by Crippen LogP contribution is 2.51. The number of fused-ring (bicyclic) bond motifs is 4. The van der Waals surface area contributed by atoms with Gasteiger partial charge in [0.1, 0.15) is 17.3 Å². The number of nitrogens with one attached hydrogen (secondary N) is 1. The average Bonchev–Trinajstić information content (AvgIpc) is 1.66. The number of unbranched alkanes of at least 4 members (excludes halogenated alkanes) is 13. The normalized spacial score (nSPS) is 19.1. The molecule has 26 heteroatoms. The van der Waals surface area contributed by atoms with Crippen LogP contribution in [0.15, 0.2) is 243 Å². The second-order valence-corrected chi connectivity index (χ2v) is 37.9. The minimum Gasteiger partial charge on any atom is -0.335 e. The smallest absolute Gasteiger partial charge is 0.266 e. The topological polar surface area (TPSA) is 123 Å². The van der Waals surface area contributed by atoms with E-state index in [1.165, 1.54) is 198 Å². The number of rotatable bonds is 33. The molecular weight excluding hydrogens is 1640 g/mol. The fourth-order valence-electron chi connectivity index (χ4n) is 12.8. The molecule has 4 aromatic carbocycles. The lowest BCUT2D eigenvalue weighted by atomic mass is 10.1. The van der Waals surface area contributed by atoms with Crippen LogP contribution in [0.25, 0.3) is 0 Å². The van der Waals surface area contributed by atoms with E-state index < -0.39 is 0 Å². The molecular formula is C87H101N9O5S12. The molecule has 0 unspecified atom stereocenters. The zero-order valence-corrected chi connectivity index (χ0v) is 75.1. The number of thioether (sulfide) groups is 8. The van der Waals surface area contributed by atoms with Crippen molar-refractivity contribution in [1.29, 1.82) is 0 Å². The number of anilines is 5. The molecule has 12 rings (SSSR count). The fourth-order valence-corrected chi connectivity index (χ4v) is 22.2. The molecule has 0 spiro atoms. The van der Waals surface area contributed by atoms with E-state index in [1.807, 2.05) is 60.7 Å². The molecule has 0 saturated carbocycles. The van der Waals surface area contributed by atoms with Gasteiger partial charge >= 0.3 is 0 Å². The van der Waals surface area contributed by atoms with E-state index in [1.54, 1.807) is 91.0 Å². The van der Waals surface area contributed by atoms with Crippen LogP contribution in [0, 0.1) is 6.92 Å². The van der Waals surface area contributed by atoms with Gasteiger partial charge in [-0.25, -0.2) is 0 Å². The highest BCUT2D eigenvalue weighted by molar-refractivity contribution is 8.28. The molecule has 8 heterocycles. The second-order valence-electron chi connectivity index (χ2n) is 26.9. The Morgan fingerprint density at radius 2 is 0.664 bits per heavy atom. The molecule has 8 aliphatic rings. The van der Waals surface area contributed by atoms with Crippen molar-refractivity contribution in [1.82, 2.24) is 19.6 Å². The number of para-hydroxylation sites is 2. The third-order valence-electron chi connectivity index (χ3n) is 18.5. The zero-order valence-electron chi connectivity index (χ0n) is 65.3. The Bertz CT molecular complexity index is 4520. The number of carbonyl (C=O) groups is 5. The first kappa shape index (κ1) is 90.4. The minimum atomic E-state index is -0.0841. The summed E-state index contributed by atoms with van der Waals surface area (Å²) >= 11 is 33.6. The van der Waals surface area contributed by atoms with Gasteiger partial charge in [0.25, 0.3) is 23.6 Å². The number of benzene rings is 4. The summed E-state index contributed by atoms with van der Waals surface area (Å²) in [6, 6.07) is 29.5. The number of aryl methyl sites for hydroxylation is 1. The second kappa shape index (κ2) is 46.4. The molecule has 0 atom stereocenters. The standard InChI is InChI=1S/C25H31N3O2S3.C24H30N2OS3.C21H24N2OS3.C17H16N2OS3/c1-4-6-7-8-9-10-16-27-20-12-11-19(26-18(3)29)17-22(20)32-23(27)14-13-21-24(30)28(15-5-2)25(31)33-21;1-4-6-7-8-9-10-16-25-19-12-11-18(3)17-21(19)29-22(25)14-13-20-23(27)26(15-5-2)24(28)30-20;1-3-5-6-9-15-22-16-10-7-8-11-17(16)26-19(22)13-12-18-20(24)23(14-4-2)21(25)27-18;1-3-11-19-16(20)14(23-17(19)21)9-10-15-18(4-2)12-7-5-6-8-13(12)22-15/h5,11-14,17H,2,4,6-10,15-16H2,1,3H3,(H,26,29);5,11-14,17H,2,4,6-10,15-16H2,1,3H3;4,7-8,10-13H,2-3,5-6,9,14-15H2,1H3;3,5-10H,1,4,11H2,2H3/b21-13+,23-14-;20-13+,22-14-;18-12+,19-13-;14-9+,15-10-. The van der Waals surface area contributed by atoms with Gasteiger partial charge in [-0.05, 0) is 142 Å². The van der Waals surface area contributed by atoms with Gasteiger partial charge < -0.3 is 24.9 Å². The highest BCUT2D eigenvalue weighted by Gasteiger charge is 2.36. The van der Waals surface area contributed by atoms with Gasteiger partial charge in [-0.15, -0.1) is 26.3 Å². The number of allylic oxidation sites excluding steroid dienone is 8. The van der Waals surface area contributed by atoms with Crippen molar-refractivity contribution >= 4 is 218 Å². The van der Waals surface area contributed by atoms with E-state index in [-0.39, 0.29) is 29.5 Å². The Kier molecular flexibility index (Phi) is 37.1. The van der Waals surface area contributed by atoms with Crippen LogP contribution in [0.4, 0.5) is 28.4 Å². The summed E-state index contributed by atoms with van der Waals surface area (Å²) in [5, 5.41) is 7.41. The maximum Gasteiger partial charge on any atom is 0.266 e. The Morgan fingerprint density at radius 1 is 0.363 bits per heavy atom. The molecule has 1 N–H and O–H groups in total. The predicted octanol–water partition coefficient (Wildman–Crippen LogP) is 24.1. The van der Waals surface area contributed by atoms with Crippen LogP contribution in [0.3, 0.4) is 0 Å². The van der Waals surface area contributed by atoms with Crippen molar-refractivity contribution in [3.8, 4) is 0 Å². The maximum atomic E-state index is 12.7. The van der Waals surface area contributed by atoms with Crippen molar-refractivity contribution in [2.45, 2.75) is 164 Å². The molecule has 0 aromatic heterocycles. The van der Waals surface area contributed by atoms with Gasteiger partial charge in [0.2, 0.25) is 5.91 Å². The Morgan fingerprint density at radius 3 is 1.02 bits per heavy atom. The first-order chi connectivity index (χ1) is 54.8.